The van der Waals surface area contributed by atoms with Crippen LogP contribution in [0.5, 0.6) is 0 Å². The Bertz CT molecular complexity index is 878. The van der Waals surface area contributed by atoms with Crippen LogP contribution in [0.25, 0.3) is 6.08 Å². The number of hydrogen-bond donors (Lipinski definition) is 0. The van der Waals surface area contributed by atoms with E-state index in [-0.39, 0.29) is 72.8 Å². The molecule has 0 spiro atoms. The van der Waals surface area contributed by atoms with Gasteiger partial charge in [0, 0.05) is 50.0 Å². The predicted octanol–water partition coefficient (Wildman–Crippen LogP) is 2.13. The number of halogens is 3. The normalized spacial score (nSPS) is 17.7. The fourth-order valence-electron chi connectivity index (χ4n) is 3.26. The monoisotopic (exact) mass is 455 g/mol. The molecule has 0 atom stereocenters. The van der Waals surface area contributed by atoms with Gasteiger partial charge < -0.3 is 9.80 Å². The number of amides is 4. The zero-order valence-corrected chi connectivity index (χ0v) is 17.2. The number of alkyl halides is 3. The first-order valence-electron chi connectivity index (χ1n) is 9.56. The SMILES string of the molecule is O=C(/C=C/c1ccc(SC(F)(F)F)cc1)N1CCN(C(=O)CN2C(=O)CCC2=O)CC1. The van der Waals surface area contributed by atoms with Crippen LogP contribution in [0.2, 0.25) is 0 Å². The van der Waals surface area contributed by atoms with Crippen LogP contribution in [-0.4, -0.2) is 76.6 Å². The molecule has 0 unspecified atom stereocenters. The molecule has 166 valence electrons. The first kappa shape index (κ1) is 22.9. The van der Waals surface area contributed by atoms with E-state index in [1.54, 1.807) is 4.90 Å². The summed E-state index contributed by atoms with van der Waals surface area (Å²) >= 11 is -0.203. The summed E-state index contributed by atoms with van der Waals surface area (Å²) in [4.78, 5) is 52.1. The fraction of sp³-hybridized carbons (Fsp3) is 0.400. The van der Waals surface area contributed by atoms with E-state index in [1.165, 1.54) is 41.3 Å². The summed E-state index contributed by atoms with van der Waals surface area (Å²) in [6.45, 7) is 0.917. The Morgan fingerprint density at radius 3 is 2.03 bits per heavy atom. The molecule has 0 bridgehead atoms. The Morgan fingerprint density at radius 2 is 1.48 bits per heavy atom. The fourth-order valence-corrected chi connectivity index (χ4v) is 3.80. The number of carbonyl (C=O) groups excluding carboxylic acids is 4. The molecule has 0 radical (unpaired) electrons. The molecule has 2 fully saturated rings. The summed E-state index contributed by atoms with van der Waals surface area (Å²) in [5.41, 5.74) is -3.76. The van der Waals surface area contributed by atoms with Gasteiger partial charge in [-0.25, -0.2) is 0 Å². The largest absolute Gasteiger partial charge is 0.446 e. The molecule has 2 aliphatic heterocycles. The Balaban J connectivity index is 1.47. The van der Waals surface area contributed by atoms with E-state index >= 15 is 0 Å². The third-order valence-electron chi connectivity index (χ3n) is 4.92. The Hall–Kier alpha value is -2.82. The van der Waals surface area contributed by atoms with Crippen LogP contribution in [0.3, 0.4) is 0 Å². The number of piperazine rings is 1. The van der Waals surface area contributed by atoms with Crippen LogP contribution in [0.4, 0.5) is 13.2 Å². The van der Waals surface area contributed by atoms with Crippen molar-refractivity contribution in [3.05, 3.63) is 35.9 Å². The number of benzene rings is 1. The number of nitrogens with zero attached hydrogens (tertiary/aromatic N) is 3. The van der Waals surface area contributed by atoms with Crippen molar-refractivity contribution in [3.63, 3.8) is 0 Å². The van der Waals surface area contributed by atoms with Crippen molar-refractivity contribution >= 4 is 41.5 Å². The summed E-state index contributed by atoms with van der Waals surface area (Å²) in [5, 5.41) is 0. The highest BCUT2D eigenvalue weighted by Gasteiger charge is 2.33. The smallest absolute Gasteiger partial charge is 0.338 e. The lowest BCUT2D eigenvalue weighted by atomic mass is 10.2. The van der Waals surface area contributed by atoms with E-state index in [1.807, 2.05) is 0 Å². The minimum absolute atomic E-state index is 0.0640. The van der Waals surface area contributed by atoms with Gasteiger partial charge in [-0.15, -0.1) is 0 Å². The standard InChI is InChI=1S/C20H20F3N3O4S/c21-20(22,23)31-15-4-1-14(2-5-15)3-6-16(27)24-9-11-25(12-10-24)19(30)13-26-17(28)7-8-18(26)29/h1-6H,7-13H2/b6-3+. The number of thioether (sulfide) groups is 1. The Labute approximate surface area is 180 Å². The van der Waals surface area contributed by atoms with Crippen molar-refractivity contribution in [2.24, 2.45) is 0 Å². The molecule has 2 heterocycles. The van der Waals surface area contributed by atoms with Crippen molar-refractivity contribution in [1.29, 1.82) is 0 Å². The van der Waals surface area contributed by atoms with E-state index in [9.17, 15) is 32.3 Å². The maximum atomic E-state index is 12.4. The molecular weight excluding hydrogens is 435 g/mol. The maximum absolute atomic E-state index is 12.4. The number of carbonyl (C=O) groups is 4. The molecule has 4 amide bonds. The lowest BCUT2D eigenvalue weighted by Gasteiger charge is -2.34. The first-order chi connectivity index (χ1) is 14.6. The van der Waals surface area contributed by atoms with Crippen molar-refractivity contribution < 1.29 is 32.3 Å². The van der Waals surface area contributed by atoms with Crippen LogP contribution >= 0.6 is 11.8 Å². The Morgan fingerprint density at radius 1 is 0.935 bits per heavy atom. The molecule has 3 rings (SSSR count). The van der Waals surface area contributed by atoms with Gasteiger partial charge in [0.2, 0.25) is 23.6 Å². The lowest BCUT2D eigenvalue weighted by molar-refractivity contribution is -0.146. The highest BCUT2D eigenvalue weighted by molar-refractivity contribution is 8.00. The van der Waals surface area contributed by atoms with Gasteiger partial charge in [-0.05, 0) is 35.5 Å². The second-order valence-electron chi connectivity index (χ2n) is 7.03. The van der Waals surface area contributed by atoms with Gasteiger partial charge in [-0.3, -0.25) is 24.1 Å². The van der Waals surface area contributed by atoms with Crippen LogP contribution in [0.15, 0.2) is 35.2 Å². The van der Waals surface area contributed by atoms with Crippen molar-refractivity contribution in [3.8, 4) is 0 Å². The first-order valence-corrected chi connectivity index (χ1v) is 10.4. The topological polar surface area (TPSA) is 78.0 Å². The van der Waals surface area contributed by atoms with Crippen molar-refractivity contribution in [2.75, 3.05) is 32.7 Å². The average molecular weight is 455 g/mol. The van der Waals surface area contributed by atoms with Gasteiger partial charge in [0.25, 0.3) is 0 Å². The second-order valence-corrected chi connectivity index (χ2v) is 8.17. The van der Waals surface area contributed by atoms with E-state index in [0.29, 0.717) is 18.7 Å². The summed E-state index contributed by atoms with van der Waals surface area (Å²) in [5.74, 6) is -1.29. The summed E-state index contributed by atoms with van der Waals surface area (Å²) in [6, 6.07) is 5.66. The van der Waals surface area contributed by atoms with Gasteiger partial charge in [0.1, 0.15) is 6.54 Å². The molecule has 11 heteroatoms. The number of imide groups is 1. The quantitative estimate of drug-likeness (QED) is 0.386. The van der Waals surface area contributed by atoms with Crippen LogP contribution in [-0.2, 0) is 19.2 Å². The van der Waals surface area contributed by atoms with Gasteiger partial charge in [-0.2, -0.15) is 13.2 Å². The highest BCUT2D eigenvalue weighted by atomic mass is 32.2. The minimum Gasteiger partial charge on any atom is -0.338 e. The zero-order chi connectivity index (χ0) is 22.6. The third-order valence-corrected chi connectivity index (χ3v) is 5.66. The molecule has 0 aliphatic carbocycles. The zero-order valence-electron chi connectivity index (χ0n) is 16.4. The highest BCUT2D eigenvalue weighted by Crippen LogP contribution is 2.36. The molecule has 1 aromatic carbocycles. The maximum Gasteiger partial charge on any atom is 0.446 e. The van der Waals surface area contributed by atoms with Crippen LogP contribution in [0, 0.1) is 0 Å². The number of likely N-dealkylation sites (tertiary alicyclic amines) is 1. The summed E-state index contributed by atoms with van der Waals surface area (Å²) < 4.78 is 37.1. The Kier molecular flexibility index (Phi) is 7.04. The molecular formula is C20H20F3N3O4S. The van der Waals surface area contributed by atoms with E-state index in [4.69, 9.17) is 0 Å². The van der Waals surface area contributed by atoms with Gasteiger partial charge in [-0.1, -0.05) is 12.1 Å². The summed E-state index contributed by atoms with van der Waals surface area (Å²) in [7, 11) is 0. The average Bonchev–Trinajstić information content (AvgIpc) is 3.04. The van der Waals surface area contributed by atoms with E-state index in [0.717, 1.165) is 4.90 Å². The molecule has 2 aliphatic rings. The number of rotatable bonds is 5. The molecule has 1 aromatic rings. The molecule has 31 heavy (non-hydrogen) atoms. The van der Waals surface area contributed by atoms with Crippen molar-refractivity contribution in [2.45, 2.75) is 23.2 Å². The van der Waals surface area contributed by atoms with E-state index in [2.05, 4.69) is 0 Å². The minimum atomic E-state index is -4.35. The van der Waals surface area contributed by atoms with Gasteiger partial charge in [0.05, 0.1) is 0 Å². The third kappa shape index (κ3) is 6.33. The number of hydrogen-bond acceptors (Lipinski definition) is 5. The molecule has 2 saturated heterocycles. The molecule has 7 nitrogen and oxygen atoms in total. The van der Waals surface area contributed by atoms with E-state index < -0.39 is 5.51 Å². The van der Waals surface area contributed by atoms with Gasteiger partial charge >= 0.3 is 5.51 Å². The predicted molar refractivity (Wildman–Crippen MR) is 107 cm³/mol. The van der Waals surface area contributed by atoms with Gasteiger partial charge in [0.15, 0.2) is 0 Å². The lowest BCUT2D eigenvalue weighted by Crippen LogP contribution is -2.52. The molecule has 0 aromatic heterocycles. The summed E-state index contributed by atoms with van der Waals surface area (Å²) in [6.07, 6.45) is 3.12. The van der Waals surface area contributed by atoms with Crippen molar-refractivity contribution in [1.82, 2.24) is 14.7 Å². The van der Waals surface area contributed by atoms with Crippen LogP contribution < -0.4 is 0 Å². The molecule has 0 N–H and O–H groups in total. The van der Waals surface area contributed by atoms with Crippen LogP contribution in [0.1, 0.15) is 18.4 Å². The molecule has 0 saturated carbocycles. The second kappa shape index (κ2) is 9.54.